The molecule has 1 aliphatic heterocycles. The third-order valence-electron chi connectivity index (χ3n) is 2.88. The average molecular weight is 294 g/mol. The van der Waals surface area contributed by atoms with E-state index in [1.165, 1.54) is 29.2 Å². The Morgan fingerprint density at radius 3 is 2.33 bits per heavy atom. The van der Waals surface area contributed by atoms with Crippen molar-refractivity contribution >= 4 is 17.3 Å². The number of carbonyl (C=O) groups is 1. The van der Waals surface area contributed by atoms with Gasteiger partial charge in [-0.3, -0.25) is 20.2 Å². The van der Waals surface area contributed by atoms with Crippen molar-refractivity contribution in [1.29, 1.82) is 0 Å². The van der Waals surface area contributed by atoms with Crippen molar-refractivity contribution in [3.63, 3.8) is 0 Å². The van der Waals surface area contributed by atoms with Crippen molar-refractivity contribution < 1.29 is 19.7 Å². The van der Waals surface area contributed by atoms with Gasteiger partial charge in [0.2, 0.25) is 0 Å². The first-order chi connectivity index (χ1) is 9.91. The van der Waals surface area contributed by atoms with E-state index in [0.29, 0.717) is 18.8 Å². The van der Waals surface area contributed by atoms with E-state index >= 15 is 0 Å². The first kappa shape index (κ1) is 14.2. The van der Waals surface area contributed by atoms with Gasteiger partial charge in [0.1, 0.15) is 0 Å². The molecule has 1 aromatic rings. The zero-order valence-corrected chi connectivity index (χ0v) is 10.6. The number of nitro benzene ring substituents is 1. The monoisotopic (exact) mass is 294 g/mol. The Balaban J connectivity index is 2.42. The third kappa shape index (κ3) is 2.73. The van der Waals surface area contributed by atoms with E-state index in [-0.39, 0.29) is 11.5 Å². The predicted molar refractivity (Wildman–Crippen MR) is 70.1 cm³/mol. The molecule has 0 aromatic heterocycles. The van der Waals surface area contributed by atoms with Crippen LogP contribution in [0.1, 0.15) is 0 Å². The van der Waals surface area contributed by atoms with Gasteiger partial charge in [-0.25, -0.2) is 4.79 Å². The van der Waals surface area contributed by atoms with Crippen LogP contribution in [0.5, 0.6) is 0 Å². The molecule has 0 saturated carbocycles. The predicted octanol–water partition coefficient (Wildman–Crippen LogP) is 0.535. The summed E-state index contributed by atoms with van der Waals surface area (Å²) in [6.45, 7) is 0.648. The smallest absolute Gasteiger partial charge is 0.411 e. The first-order valence-corrected chi connectivity index (χ1v) is 5.79. The highest BCUT2D eigenvalue weighted by molar-refractivity contribution is 5.85. The number of nitrogens with zero attached hydrogens (tertiary/aromatic N) is 3. The van der Waals surface area contributed by atoms with Crippen molar-refractivity contribution in [1.82, 2.24) is 5.32 Å². The fourth-order valence-corrected chi connectivity index (χ4v) is 1.98. The van der Waals surface area contributed by atoms with Crippen molar-refractivity contribution in [2.45, 2.75) is 0 Å². The Hall–Kier alpha value is -3.17. The Labute approximate surface area is 117 Å². The fraction of sp³-hybridized carbons (Fsp3) is 0.182. The van der Waals surface area contributed by atoms with Gasteiger partial charge in [-0.2, -0.15) is 0 Å². The summed E-state index contributed by atoms with van der Waals surface area (Å²) >= 11 is 0. The SMILES string of the molecule is O=C(O)C(=C1NCCN1c1ccc([N+](=O)[O-])cc1)[N+](=O)[O-]. The average Bonchev–Trinajstić information content (AvgIpc) is 2.87. The maximum absolute atomic E-state index is 11.0. The van der Waals surface area contributed by atoms with Crippen LogP contribution in [0.3, 0.4) is 0 Å². The van der Waals surface area contributed by atoms with E-state index in [0.717, 1.165) is 0 Å². The van der Waals surface area contributed by atoms with Gasteiger partial charge < -0.3 is 15.3 Å². The van der Waals surface area contributed by atoms with Gasteiger partial charge in [-0.05, 0) is 12.1 Å². The van der Waals surface area contributed by atoms with Crippen molar-refractivity contribution in [3.05, 3.63) is 56.0 Å². The van der Waals surface area contributed by atoms with Crippen LogP contribution < -0.4 is 10.2 Å². The molecule has 10 heteroatoms. The molecule has 1 heterocycles. The van der Waals surface area contributed by atoms with Gasteiger partial charge in [-0.15, -0.1) is 0 Å². The summed E-state index contributed by atoms with van der Waals surface area (Å²) in [5.41, 5.74) is -0.656. The molecule has 0 spiro atoms. The number of carboxylic acid groups (broad SMARTS) is 1. The summed E-state index contributed by atoms with van der Waals surface area (Å²) in [6, 6.07) is 5.31. The summed E-state index contributed by atoms with van der Waals surface area (Å²) in [4.78, 5) is 32.3. The van der Waals surface area contributed by atoms with Gasteiger partial charge in [0.15, 0.2) is 5.82 Å². The van der Waals surface area contributed by atoms with Crippen LogP contribution >= 0.6 is 0 Å². The highest BCUT2D eigenvalue weighted by Gasteiger charge is 2.34. The zero-order valence-electron chi connectivity index (χ0n) is 10.6. The number of anilines is 1. The van der Waals surface area contributed by atoms with E-state index in [1.54, 1.807) is 0 Å². The molecule has 10 nitrogen and oxygen atoms in total. The standard InChI is InChI=1S/C11H10N4O6/c16-11(17)9(15(20)21)10-12-5-6-13(10)7-1-3-8(4-2-7)14(18)19/h1-4,12H,5-6H2,(H,16,17). The van der Waals surface area contributed by atoms with Crippen LogP contribution in [0.15, 0.2) is 35.8 Å². The Kier molecular flexibility index (Phi) is 3.69. The molecule has 110 valence electrons. The molecule has 0 radical (unpaired) electrons. The lowest BCUT2D eigenvalue weighted by atomic mass is 10.2. The number of aliphatic carboxylic acids is 1. The van der Waals surface area contributed by atoms with Gasteiger partial charge in [0.05, 0.1) is 9.85 Å². The molecule has 0 aliphatic carbocycles. The number of nitro groups is 2. The number of benzene rings is 1. The summed E-state index contributed by atoms with van der Waals surface area (Å²) < 4.78 is 0. The van der Waals surface area contributed by atoms with Crippen LogP contribution in [0.2, 0.25) is 0 Å². The lowest BCUT2D eigenvalue weighted by Crippen LogP contribution is -2.27. The fourth-order valence-electron chi connectivity index (χ4n) is 1.98. The van der Waals surface area contributed by atoms with Crippen LogP contribution in [-0.4, -0.2) is 34.0 Å². The number of carboxylic acids is 1. The minimum Gasteiger partial charge on any atom is -0.473 e. The molecule has 21 heavy (non-hydrogen) atoms. The molecule has 0 bridgehead atoms. The Morgan fingerprint density at radius 1 is 1.24 bits per heavy atom. The topological polar surface area (TPSA) is 139 Å². The number of rotatable bonds is 4. The second-order valence-corrected chi connectivity index (χ2v) is 4.11. The van der Waals surface area contributed by atoms with Crippen LogP contribution in [-0.2, 0) is 4.79 Å². The molecule has 2 N–H and O–H groups in total. The summed E-state index contributed by atoms with van der Waals surface area (Å²) in [5.74, 6) is -1.79. The van der Waals surface area contributed by atoms with E-state index in [2.05, 4.69) is 5.32 Å². The summed E-state index contributed by atoms with van der Waals surface area (Å²) in [7, 11) is 0. The first-order valence-electron chi connectivity index (χ1n) is 5.79. The van der Waals surface area contributed by atoms with Crippen molar-refractivity contribution in [2.75, 3.05) is 18.0 Å². The van der Waals surface area contributed by atoms with Crippen LogP contribution in [0.4, 0.5) is 11.4 Å². The molecular formula is C11H10N4O6. The lowest BCUT2D eigenvalue weighted by molar-refractivity contribution is -0.422. The normalized spacial score (nSPS) is 16.3. The van der Waals surface area contributed by atoms with E-state index in [1.807, 2.05) is 0 Å². The lowest BCUT2D eigenvalue weighted by Gasteiger charge is -2.17. The molecule has 0 unspecified atom stereocenters. The molecule has 1 aromatic carbocycles. The minimum atomic E-state index is -1.66. The van der Waals surface area contributed by atoms with E-state index in [4.69, 9.17) is 5.11 Å². The third-order valence-corrected chi connectivity index (χ3v) is 2.88. The zero-order chi connectivity index (χ0) is 15.6. The number of nitrogens with one attached hydrogen (secondary N) is 1. The summed E-state index contributed by atoms with van der Waals surface area (Å²) in [6.07, 6.45) is 0. The molecule has 0 atom stereocenters. The van der Waals surface area contributed by atoms with Crippen molar-refractivity contribution in [2.24, 2.45) is 0 Å². The van der Waals surface area contributed by atoms with Gasteiger partial charge in [0, 0.05) is 30.9 Å². The second-order valence-electron chi connectivity index (χ2n) is 4.11. The van der Waals surface area contributed by atoms with Crippen molar-refractivity contribution in [3.8, 4) is 0 Å². The molecule has 0 amide bonds. The molecule has 1 fully saturated rings. The quantitative estimate of drug-likeness (QED) is 0.466. The molecular weight excluding hydrogens is 284 g/mol. The Morgan fingerprint density at radius 2 is 1.86 bits per heavy atom. The second kappa shape index (κ2) is 5.45. The minimum absolute atomic E-state index is 0.121. The van der Waals surface area contributed by atoms with E-state index in [9.17, 15) is 25.0 Å². The Bertz CT molecular complexity index is 623. The highest BCUT2D eigenvalue weighted by atomic mass is 16.6. The molecule has 1 aliphatic rings. The highest BCUT2D eigenvalue weighted by Crippen LogP contribution is 2.25. The maximum Gasteiger partial charge on any atom is 0.411 e. The largest absolute Gasteiger partial charge is 0.473 e. The maximum atomic E-state index is 11.0. The number of hydrogen-bond donors (Lipinski definition) is 2. The van der Waals surface area contributed by atoms with E-state index < -0.39 is 21.5 Å². The van der Waals surface area contributed by atoms with Gasteiger partial charge >= 0.3 is 11.7 Å². The van der Waals surface area contributed by atoms with Gasteiger partial charge in [0.25, 0.3) is 5.69 Å². The number of non-ortho nitro benzene ring substituents is 1. The number of hydrogen-bond acceptors (Lipinski definition) is 7. The molecule has 1 saturated heterocycles. The summed E-state index contributed by atoms with van der Waals surface area (Å²) in [5, 5.41) is 33.0. The van der Waals surface area contributed by atoms with Crippen LogP contribution in [0, 0.1) is 20.2 Å². The van der Waals surface area contributed by atoms with Crippen LogP contribution in [0.25, 0.3) is 0 Å². The van der Waals surface area contributed by atoms with Gasteiger partial charge in [-0.1, -0.05) is 0 Å². The molecule has 2 rings (SSSR count).